The Balaban J connectivity index is 1.81. The summed E-state index contributed by atoms with van der Waals surface area (Å²) in [4.78, 5) is 0. The molecule has 0 spiro atoms. The second kappa shape index (κ2) is 6.66. The number of alkyl halides is 3. The number of rotatable bonds is 6. The molecule has 3 nitrogen and oxygen atoms in total. The molecular formula is C15H20F3NO2. The van der Waals surface area contributed by atoms with Crippen LogP contribution in [0.4, 0.5) is 13.2 Å². The zero-order chi connectivity index (χ0) is 15.3. The van der Waals surface area contributed by atoms with Crippen molar-refractivity contribution in [2.24, 2.45) is 5.41 Å². The molecule has 1 aromatic carbocycles. The summed E-state index contributed by atoms with van der Waals surface area (Å²) < 4.78 is 39.9. The first-order valence-corrected chi connectivity index (χ1v) is 7.09. The molecule has 0 aromatic heterocycles. The third kappa shape index (κ3) is 4.89. The van der Waals surface area contributed by atoms with Crippen LogP contribution in [0.2, 0.25) is 0 Å². The van der Waals surface area contributed by atoms with Gasteiger partial charge in [0.2, 0.25) is 0 Å². The van der Waals surface area contributed by atoms with E-state index in [0.29, 0.717) is 6.54 Å². The van der Waals surface area contributed by atoms with Crippen LogP contribution in [0.25, 0.3) is 0 Å². The molecule has 0 saturated heterocycles. The van der Waals surface area contributed by atoms with E-state index in [1.54, 1.807) is 12.1 Å². The van der Waals surface area contributed by atoms with Crippen LogP contribution >= 0.6 is 0 Å². The van der Waals surface area contributed by atoms with Crippen LogP contribution in [-0.4, -0.2) is 24.6 Å². The highest BCUT2D eigenvalue weighted by atomic mass is 19.4. The van der Waals surface area contributed by atoms with E-state index >= 15 is 0 Å². The Hall–Kier alpha value is -1.27. The van der Waals surface area contributed by atoms with Crippen molar-refractivity contribution >= 4 is 0 Å². The Morgan fingerprint density at radius 1 is 1.14 bits per heavy atom. The van der Waals surface area contributed by atoms with E-state index in [1.807, 2.05) is 0 Å². The van der Waals surface area contributed by atoms with Gasteiger partial charge in [0.1, 0.15) is 5.75 Å². The second-order valence-electron chi connectivity index (χ2n) is 5.66. The summed E-state index contributed by atoms with van der Waals surface area (Å²) in [6, 6.07) is 5.83. The average molecular weight is 303 g/mol. The minimum atomic E-state index is -4.66. The van der Waals surface area contributed by atoms with Crippen LogP contribution in [0, 0.1) is 5.41 Å². The fraction of sp³-hybridized carbons (Fsp3) is 0.600. The predicted octanol–water partition coefficient (Wildman–Crippen LogP) is 3.23. The van der Waals surface area contributed by atoms with Crippen LogP contribution < -0.4 is 10.1 Å². The third-order valence-corrected chi connectivity index (χ3v) is 3.99. The molecule has 0 heterocycles. The van der Waals surface area contributed by atoms with Gasteiger partial charge in [-0.1, -0.05) is 25.0 Å². The molecule has 118 valence electrons. The van der Waals surface area contributed by atoms with Gasteiger partial charge in [-0.05, 0) is 30.5 Å². The standard InChI is InChI=1S/C15H20F3NO2/c16-15(17,18)21-13-5-3-12(4-6-13)9-19-10-14(11-20)7-1-2-8-14/h3-6,19-20H,1-2,7-11H2. The van der Waals surface area contributed by atoms with Gasteiger partial charge in [-0.15, -0.1) is 13.2 Å². The molecule has 2 rings (SSSR count). The zero-order valence-electron chi connectivity index (χ0n) is 11.7. The number of hydrogen-bond donors (Lipinski definition) is 2. The summed E-state index contributed by atoms with van der Waals surface area (Å²) in [5, 5.41) is 12.8. The molecule has 0 atom stereocenters. The quantitative estimate of drug-likeness (QED) is 0.848. The van der Waals surface area contributed by atoms with Gasteiger partial charge in [0.05, 0.1) is 0 Å². The van der Waals surface area contributed by atoms with Crippen molar-refractivity contribution in [3.05, 3.63) is 29.8 Å². The van der Waals surface area contributed by atoms with Gasteiger partial charge in [-0.2, -0.15) is 0 Å². The number of halogens is 3. The number of nitrogens with one attached hydrogen (secondary N) is 1. The van der Waals surface area contributed by atoms with Crippen molar-refractivity contribution in [1.82, 2.24) is 5.32 Å². The molecule has 1 aliphatic carbocycles. The Morgan fingerprint density at radius 2 is 1.76 bits per heavy atom. The number of aliphatic hydroxyl groups excluding tert-OH is 1. The third-order valence-electron chi connectivity index (χ3n) is 3.99. The summed E-state index contributed by atoms with van der Waals surface area (Å²) in [5.74, 6) is -0.214. The van der Waals surface area contributed by atoms with Gasteiger partial charge < -0.3 is 15.2 Å². The topological polar surface area (TPSA) is 41.5 Å². The monoisotopic (exact) mass is 303 g/mol. The van der Waals surface area contributed by atoms with Crippen LogP contribution in [-0.2, 0) is 6.54 Å². The Labute approximate surface area is 122 Å². The summed E-state index contributed by atoms with van der Waals surface area (Å²) >= 11 is 0. The van der Waals surface area contributed by atoms with Gasteiger partial charge in [0.15, 0.2) is 0 Å². The van der Waals surface area contributed by atoms with Crippen molar-refractivity contribution in [3.63, 3.8) is 0 Å². The summed E-state index contributed by atoms with van der Waals surface area (Å²) in [7, 11) is 0. The molecule has 0 aliphatic heterocycles. The molecule has 1 fully saturated rings. The molecule has 0 bridgehead atoms. The van der Waals surface area contributed by atoms with Crippen molar-refractivity contribution < 1.29 is 23.0 Å². The van der Waals surface area contributed by atoms with E-state index in [9.17, 15) is 18.3 Å². The van der Waals surface area contributed by atoms with E-state index < -0.39 is 6.36 Å². The minimum Gasteiger partial charge on any atom is -0.406 e. The Kier molecular flexibility index (Phi) is 5.11. The summed E-state index contributed by atoms with van der Waals surface area (Å²) in [5.41, 5.74) is 0.856. The SMILES string of the molecule is OCC1(CNCc2ccc(OC(F)(F)F)cc2)CCCC1. The lowest BCUT2D eigenvalue weighted by Crippen LogP contribution is -2.34. The number of ether oxygens (including phenoxy) is 1. The number of benzene rings is 1. The Morgan fingerprint density at radius 3 is 2.29 bits per heavy atom. The predicted molar refractivity (Wildman–Crippen MR) is 72.8 cm³/mol. The maximum absolute atomic E-state index is 12.0. The van der Waals surface area contributed by atoms with Gasteiger partial charge >= 0.3 is 6.36 Å². The van der Waals surface area contributed by atoms with E-state index in [4.69, 9.17) is 0 Å². The van der Waals surface area contributed by atoms with Crippen molar-refractivity contribution in [1.29, 1.82) is 0 Å². The van der Waals surface area contributed by atoms with E-state index in [-0.39, 0.29) is 17.8 Å². The van der Waals surface area contributed by atoms with Gasteiger partial charge in [0, 0.05) is 25.1 Å². The highest BCUT2D eigenvalue weighted by Gasteiger charge is 2.32. The lowest BCUT2D eigenvalue weighted by Gasteiger charge is -2.26. The van der Waals surface area contributed by atoms with Crippen molar-refractivity contribution in [3.8, 4) is 5.75 Å². The van der Waals surface area contributed by atoms with Crippen LogP contribution in [0.5, 0.6) is 5.75 Å². The van der Waals surface area contributed by atoms with E-state index in [0.717, 1.165) is 37.8 Å². The molecule has 1 aliphatic rings. The van der Waals surface area contributed by atoms with E-state index in [2.05, 4.69) is 10.1 Å². The molecule has 2 N–H and O–H groups in total. The fourth-order valence-corrected chi connectivity index (χ4v) is 2.80. The normalized spacial score (nSPS) is 17.9. The highest BCUT2D eigenvalue weighted by molar-refractivity contribution is 5.27. The molecule has 6 heteroatoms. The molecular weight excluding hydrogens is 283 g/mol. The largest absolute Gasteiger partial charge is 0.573 e. The average Bonchev–Trinajstić information content (AvgIpc) is 2.89. The summed E-state index contributed by atoms with van der Waals surface area (Å²) in [6.45, 7) is 1.47. The van der Waals surface area contributed by atoms with Crippen LogP contribution in [0.1, 0.15) is 31.2 Å². The lowest BCUT2D eigenvalue weighted by molar-refractivity contribution is -0.274. The maximum atomic E-state index is 12.0. The van der Waals surface area contributed by atoms with Gasteiger partial charge in [-0.25, -0.2) is 0 Å². The Bertz CT molecular complexity index is 439. The van der Waals surface area contributed by atoms with Crippen molar-refractivity contribution in [2.45, 2.75) is 38.6 Å². The lowest BCUT2D eigenvalue weighted by atomic mass is 9.87. The number of hydrogen-bond acceptors (Lipinski definition) is 3. The van der Waals surface area contributed by atoms with Crippen LogP contribution in [0.3, 0.4) is 0 Å². The molecule has 1 saturated carbocycles. The van der Waals surface area contributed by atoms with Gasteiger partial charge in [0.25, 0.3) is 0 Å². The first kappa shape index (κ1) is 16.1. The smallest absolute Gasteiger partial charge is 0.406 e. The minimum absolute atomic E-state index is 0.0284. The highest BCUT2D eigenvalue weighted by Crippen LogP contribution is 2.36. The van der Waals surface area contributed by atoms with E-state index in [1.165, 1.54) is 12.1 Å². The summed E-state index contributed by atoms with van der Waals surface area (Å²) in [6.07, 6.45) is -0.323. The molecule has 21 heavy (non-hydrogen) atoms. The second-order valence-corrected chi connectivity index (χ2v) is 5.66. The first-order chi connectivity index (χ1) is 9.92. The van der Waals surface area contributed by atoms with Crippen LogP contribution in [0.15, 0.2) is 24.3 Å². The first-order valence-electron chi connectivity index (χ1n) is 7.09. The molecule has 1 aromatic rings. The zero-order valence-corrected chi connectivity index (χ0v) is 11.7. The molecule has 0 radical (unpaired) electrons. The fourth-order valence-electron chi connectivity index (χ4n) is 2.80. The maximum Gasteiger partial charge on any atom is 0.573 e. The number of aliphatic hydroxyl groups is 1. The molecule has 0 unspecified atom stereocenters. The van der Waals surface area contributed by atoms with Crippen molar-refractivity contribution in [2.75, 3.05) is 13.2 Å². The van der Waals surface area contributed by atoms with Gasteiger partial charge in [-0.3, -0.25) is 0 Å². The molecule has 0 amide bonds.